The summed E-state index contributed by atoms with van der Waals surface area (Å²) < 4.78 is 13.0. The van der Waals surface area contributed by atoms with Crippen LogP contribution in [0.5, 0.6) is 23.1 Å². The second kappa shape index (κ2) is 7.09. The van der Waals surface area contributed by atoms with Crippen molar-refractivity contribution in [1.29, 1.82) is 0 Å². The normalized spacial score (nSPS) is 14.5. The van der Waals surface area contributed by atoms with Gasteiger partial charge in [-0.25, -0.2) is 14.5 Å². The standard InChI is InChI=1S/C25H18N4O3/c1-31-18-10-7-16(8-11-18)23-27-24-22-21(15-5-3-2-4-6-15)19-12-9-17(30)13-20(19)32-25(22)26-14-29(24)28-23/h2-14,21,30H,1H3/t21-/m0/s1. The third-order valence-corrected chi connectivity index (χ3v) is 5.67. The fraction of sp³-hybridized carbons (Fsp3) is 0.0800. The minimum absolute atomic E-state index is 0.143. The molecule has 1 aliphatic rings. The van der Waals surface area contributed by atoms with Crippen LogP contribution in [0.15, 0.2) is 79.1 Å². The maximum Gasteiger partial charge on any atom is 0.228 e. The first kappa shape index (κ1) is 18.4. The van der Waals surface area contributed by atoms with E-state index in [0.29, 0.717) is 23.1 Å². The van der Waals surface area contributed by atoms with E-state index in [4.69, 9.17) is 14.5 Å². The Morgan fingerprint density at radius 2 is 1.81 bits per heavy atom. The number of benzene rings is 3. The molecular weight excluding hydrogens is 404 g/mol. The lowest BCUT2D eigenvalue weighted by molar-refractivity contribution is 0.415. The highest BCUT2D eigenvalue weighted by Crippen LogP contribution is 2.48. The summed E-state index contributed by atoms with van der Waals surface area (Å²) in [6, 6.07) is 22.9. The lowest BCUT2D eigenvalue weighted by Gasteiger charge is -2.27. The Morgan fingerprint density at radius 3 is 2.59 bits per heavy atom. The molecule has 7 heteroatoms. The van der Waals surface area contributed by atoms with Gasteiger partial charge in [-0.2, -0.15) is 0 Å². The summed E-state index contributed by atoms with van der Waals surface area (Å²) >= 11 is 0. The van der Waals surface area contributed by atoms with Gasteiger partial charge in [0.05, 0.1) is 12.7 Å². The molecule has 1 N–H and O–H groups in total. The Kier molecular flexibility index (Phi) is 4.07. The summed E-state index contributed by atoms with van der Waals surface area (Å²) in [5, 5.41) is 14.6. The second-order valence-corrected chi connectivity index (χ2v) is 7.56. The van der Waals surface area contributed by atoms with Gasteiger partial charge in [0.2, 0.25) is 5.88 Å². The van der Waals surface area contributed by atoms with Crippen LogP contribution in [-0.4, -0.2) is 31.8 Å². The third-order valence-electron chi connectivity index (χ3n) is 5.67. The average Bonchev–Trinajstić information content (AvgIpc) is 3.28. The van der Waals surface area contributed by atoms with Crippen molar-refractivity contribution in [2.75, 3.05) is 7.11 Å². The van der Waals surface area contributed by atoms with Crippen LogP contribution >= 0.6 is 0 Å². The van der Waals surface area contributed by atoms with Crippen LogP contribution in [-0.2, 0) is 0 Å². The predicted octanol–water partition coefficient (Wildman–Crippen LogP) is 4.79. The van der Waals surface area contributed by atoms with E-state index in [2.05, 4.69) is 22.2 Å². The molecule has 1 atom stereocenters. The molecule has 5 aromatic rings. The van der Waals surface area contributed by atoms with Crippen molar-refractivity contribution < 1.29 is 14.6 Å². The van der Waals surface area contributed by atoms with Gasteiger partial charge in [0, 0.05) is 23.1 Å². The van der Waals surface area contributed by atoms with E-state index in [1.807, 2.05) is 48.5 Å². The molecule has 156 valence electrons. The minimum Gasteiger partial charge on any atom is -0.508 e. The van der Waals surface area contributed by atoms with E-state index in [9.17, 15) is 5.11 Å². The fourth-order valence-corrected chi connectivity index (χ4v) is 4.16. The first-order chi connectivity index (χ1) is 15.7. The summed E-state index contributed by atoms with van der Waals surface area (Å²) in [7, 11) is 1.64. The van der Waals surface area contributed by atoms with E-state index in [1.54, 1.807) is 30.1 Å². The SMILES string of the molecule is COc1ccc(-c2nc3c4c(ncn3n2)Oc2cc(O)ccc2[C@@H]4c2ccccc2)cc1. The van der Waals surface area contributed by atoms with Crippen molar-refractivity contribution in [3.63, 3.8) is 0 Å². The molecule has 0 unspecified atom stereocenters. The Hall–Kier alpha value is -4.39. The second-order valence-electron chi connectivity index (χ2n) is 7.56. The van der Waals surface area contributed by atoms with Crippen LogP contribution < -0.4 is 9.47 Å². The third kappa shape index (κ3) is 2.86. The summed E-state index contributed by atoms with van der Waals surface area (Å²) in [5.74, 6) is 2.38. The Morgan fingerprint density at radius 1 is 1.00 bits per heavy atom. The minimum atomic E-state index is -0.167. The number of nitrogens with zero attached hydrogens (tertiary/aromatic N) is 4. The zero-order valence-corrected chi connectivity index (χ0v) is 17.1. The highest BCUT2D eigenvalue weighted by atomic mass is 16.5. The fourth-order valence-electron chi connectivity index (χ4n) is 4.16. The van der Waals surface area contributed by atoms with Crippen molar-refractivity contribution in [1.82, 2.24) is 19.6 Å². The number of hydrogen-bond acceptors (Lipinski definition) is 6. The number of fused-ring (bicyclic) bond motifs is 4. The van der Waals surface area contributed by atoms with Crippen LogP contribution in [0.1, 0.15) is 22.6 Å². The van der Waals surface area contributed by atoms with Crippen LogP contribution in [0.3, 0.4) is 0 Å². The quantitative estimate of drug-likeness (QED) is 0.442. The Balaban J connectivity index is 1.57. The number of methoxy groups -OCH3 is 1. The molecule has 0 radical (unpaired) electrons. The molecule has 0 saturated carbocycles. The lowest BCUT2D eigenvalue weighted by Crippen LogP contribution is -2.14. The average molecular weight is 422 g/mol. The van der Waals surface area contributed by atoms with E-state index in [0.717, 1.165) is 28.0 Å². The molecular formula is C25H18N4O3. The molecule has 0 saturated heterocycles. The van der Waals surface area contributed by atoms with Gasteiger partial charge in [0.25, 0.3) is 0 Å². The molecule has 6 rings (SSSR count). The molecule has 0 aliphatic carbocycles. The largest absolute Gasteiger partial charge is 0.508 e. The zero-order chi connectivity index (χ0) is 21.7. The van der Waals surface area contributed by atoms with Crippen LogP contribution in [0, 0.1) is 0 Å². The smallest absolute Gasteiger partial charge is 0.228 e. The van der Waals surface area contributed by atoms with E-state index in [-0.39, 0.29) is 11.7 Å². The molecule has 32 heavy (non-hydrogen) atoms. The Bertz CT molecular complexity index is 1450. The first-order valence-corrected chi connectivity index (χ1v) is 10.2. The number of rotatable bonds is 3. The molecule has 0 amide bonds. The maximum absolute atomic E-state index is 10.00. The molecule has 3 aromatic carbocycles. The van der Waals surface area contributed by atoms with Gasteiger partial charge in [-0.05, 0) is 35.9 Å². The van der Waals surface area contributed by atoms with Gasteiger partial charge in [0.1, 0.15) is 23.6 Å². The summed E-state index contributed by atoms with van der Waals surface area (Å²) in [6.07, 6.45) is 1.60. The van der Waals surface area contributed by atoms with Crippen LogP contribution in [0.4, 0.5) is 0 Å². The van der Waals surface area contributed by atoms with Gasteiger partial charge in [-0.1, -0.05) is 36.4 Å². The van der Waals surface area contributed by atoms with Gasteiger partial charge >= 0.3 is 0 Å². The molecule has 0 bridgehead atoms. The highest BCUT2D eigenvalue weighted by Gasteiger charge is 2.33. The van der Waals surface area contributed by atoms with E-state index >= 15 is 0 Å². The summed E-state index contributed by atoms with van der Waals surface area (Å²) in [6.45, 7) is 0. The molecule has 1 aliphatic heterocycles. The molecule has 2 aromatic heterocycles. The molecule has 3 heterocycles. The number of ether oxygens (including phenoxy) is 2. The number of hydrogen-bond donors (Lipinski definition) is 1. The van der Waals surface area contributed by atoms with E-state index < -0.39 is 0 Å². The van der Waals surface area contributed by atoms with Crippen LogP contribution in [0.25, 0.3) is 17.0 Å². The predicted molar refractivity (Wildman–Crippen MR) is 118 cm³/mol. The van der Waals surface area contributed by atoms with Crippen molar-refractivity contribution in [3.8, 4) is 34.5 Å². The lowest BCUT2D eigenvalue weighted by atomic mass is 9.84. The monoisotopic (exact) mass is 422 g/mol. The van der Waals surface area contributed by atoms with Crippen molar-refractivity contribution >= 4 is 5.65 Å². The topological polar surface area (TPSA) is 81.8 Å². The van der Waals surface area contributed by atoms with Crippen molar-refractivity contribution in [3.05, 3.63) is 95.8 Å². The number of aromatic nitrogens is 4. The van der Waals surface area contributed by atoms with Gasteiger partial charge < -0.3 is 14.6 Å². The van der Waals surface area contributed by atoms with E-state index in [1.165, 1.54) is 0 Å². The van der Waals surface area contributed by atoms with Crippen molar-refractivity contribution in [2.45, 2.75) is 5.92 Å². The number of phenols is 1. The van der Waals surface area contributed by atoms with Gasteiger partial charge in [0.15, 0.2) is 11.5 Å². The maximum atomic E-state index is 10.00. The van der Waals surface area contributed by atoms with Crippen LogP contribution in [0.2, 0.25) is 0 Å². The highest BCUT2D eigenvalue weighted by molar-refractivity contribution is 5.68. The molecule has 0 spiro atoms. The first-order valence-electron chi connectivity index (χ1n) is 10.2. The van der Waals surface area contributed by atoms with Crippen molar-refractivity contribution in [2.24, 2.45) is 0 Å². The summed E-state index contributed by atoms with van der Waals surface area (Å²) in [4.78, 5) is 9.38. The number of phenolic OH excluding ortho intramolecular Hbond substituents is 1. The van der Waals surface area contributed by atoms with Gasteiger partial charge in [-0.15, -0.1) is 5.10 Å². The molecule has 7 nitrogen and oxygen atoms in total. The Labute approximate surface area is 183 Å². The number of aromatic hydroxyl groups is 1. The summed E-state index contributed by atoms with van der Waals surface area (Å²) in [5.41, 5.74) is 4.40. The zero-order valence-electron chi connectivity index (χ0n) is 17.1. The van der Waals surface area contributed by atoms with Gasteiger partial charge in [-0.3, -0.25) is 0 Å². The molecule has 0 fully saturated rings.